The predicted molar refractivity (Wildman–Crippen MR) is 159 cm³/mol. The van der Waals surface area contributed by atoms with Crippen molar-refractivity contribution in [2.45, 2.75) is 5.41 Å². The van der Waals surface area contributed by atoms with Gasteiger partial charge in [0.2, 0.25) is 0 Å². The zero-order valence-corrected chi connectivity index (χ0v) is 21.7. The van der Waals surface area contributed by atoms with Crippen molar-refractivity contribution in [3.05, 3.63) is 161 Å². The van der Waals surface area contributed by atoms with Crippen LogP contribution in [0, 0.1) is 0 Å². The second kappa shape index (κ2) is 8.42. The van der Waals surface area contributed by atoms with Gasteiger partial charge in [-0.1, -0.05) is 109 Å². The number of furan rings is 1. The van der Waals surface area contributed by atoms with E-state index in [0.717, 1.165) is 38.6 Å². The topological polar surface area (TPSA) is 26.0 Å². The summed E-state index contributed by atoms with van der Waals surface area (Å²) in [6, 6.07) is 45.1. The van der Waals surface area contributed by atoms with Crippen molar-refractivity contribution in [1.82, 2.24) is 4.98 Å². The van der Waals surface area contributed by atoms with E-state index in [-0.39, 0.29) is 0 Å². The van der Waals surface area contributed by atoms with E-state index in [2.05, 4.69) is 108 Å². The number of pyridine rings is 1. The van der Waals surface area contributed by atoms with Gasteiger partial charge in [0.25, 0.3) is 0 Å². The Morgan fingerprint density at radius 3 is 1.95 bits per heavy atom. The lowest BCUT2D eigenvalue weighted by Crippen LogP contribution is -2.28. The first kappa shape index (κ1) is 22.3. The molecule has 0 atom stereocenters. The SMILES string of the molecule is Clc1ccc(-c2cc(C3(c4ccccc4)c4ccccc4-c4ccccc43)cc3oc4ccccc4c23)cn1. The molecular weight excluding hydrogens is 498 g/mol. The van der Waals surface area contributed by atoms with Gasteiger partial charge in [-0.05, 0) is 69.3 Å². The van der Waals surface area contributed by atoms with Crippen LogP contribution < -0.4 is 0 Å². The Labute approximate surface area is 231 Å². The lowest BCUT2D eigenvalue weighted by atomic mass is 9.67. The molecule has 0 aliphatic heterocycles. The maximum Gasteiger partial charge on any atom is 0.136 e. The molecule has 39 heavy (non-hydrogen) atoms. The summed E-state index contributed by atoms with van der Waals surface area (Å²) in [4.78, 5) is 4.44. The summed E-state index contributed by atoms with van der Waals surface area (Å²) in [5.74, 6) is 0. The molecule has 2 aromatic heterocycles. The highest BCUT2D eigenvalue weighted by Crippen LogP contribution is 2.57. The Bertz CT molecular complexity index is 1980. The summed E-state index contributed by atoms with van der Waals surface area (Å²) < 4.78 is 6.55. The maximum absolute atomic E-state index is 6.55. The molecule has 2 nitrogen and oxygen atoms in total. The molecule has 0 saturated carbocycles. The van der Waals surface area contributed by atoms with Crippen LogP contribution in [0.15, 0.2) is 138 Å². The van der Waals surface area contributed by atoms with Crippen LogP contribution in [-0.4, -0.2) is 4.98 Å². The minimum Gasteiger partial charge on any atom is -0.456 e. The largest absolute Gasteiger partial charge is 0.456 e. The first-order chi connectivity index (χ1) is 19.2. The van der Waals surface area contributed by atoms with E-state index in [4.69, 9.17) is 16.0 Å². The standard InChI is InChI=1S/C36H22ClNO/c37-34-19-18-23(22-38-34)29-20-25(21-33-35(29)28-14-6-9-17-32(28)39-33)36(24-10-2-1-3-11-24)30-15-7-4-12-26(30)27-13-5-8-16-31(27)36/h1-22H. The lowest BCUT2D eigenvalue weighted by molar-refractivity contribution is 0.666. The van der Waals surface area contributed by atoms with Gasteiger partial charge < -0.3 is 4.42 Å². The van der Waals surface area contributed by atoms with Gasteiger partial charge >= 0.3 is 0 Å². The van der Waals surface area contributed by atoms with Crippen molar-refractivity contribution in [2.75, 3.05) is 0 Å². The fraction of sp³-hybridized carbons (Fsp3) is 0.0278. The van der Waals surface area contributed by atoms with Crippen molar-refractivity contribution >= 4 is 33.5 Å². The van der Waals surface area contributed by atoms with E-state index in [1.54, 1.807) is 0 Å². The average Bonchev–Trinajstić information content (AvgIpc) is 3.52. The third kappa shape index (κ3) is 3.13. The predicted octanol–water partition coefficient (Wildman–Crippen LogP) is 9.66. The van der Waals surface area contributed by atoms with Crippen molar-refractivity contribution in [3.8, 4) is 22.3 Å². The molecule has 0 radical (unpaired) electrons. The van der Waals surface area contributed by atoms with Gasteiger partial charge in [0.1, 0.15) is 16.3 Å². The Balaban J connectivity index is 1.56. The first-order valence-corrected chi connectivity index (χ1v) is 13.5. The second-order valence-corrected chi connectivity index (χ2v) is 10.5. The van der Waals surface area contributed by atoms with Crippen molar-refractivity contribution in [1.29, 1.82) is 0 Å². The van der Waals surface area contributed by atoms with Crippen molar-refractivity contribution < 1.29 is 4.42 Å². The molecule has 3 heteroatoms. The quantitative estimate of drug-likeness (QED) is 0.217. The van der Waals surface area contributed by atoms with E-state index in [1.807, 2.05) is 30.5 Å². The van der Waals surface area contributed by atoms with Crippen LogP contribution in [0.25, 0.3) is 44.2 Å². The Hall–Kier alpha value is -4.66. The molecule has 1 aliphatic rings. The molecule has 7 aromatic rings. The van der Waals surface area contributed by atoms with E-state index in [0.29, 0.717) is 5.15 Å². The highest BCUT2D eigenvalue weighted by Gasteiger charge is 2.46. The molecule has 0 unspecified atom stereocenters. The minimum absolute atomic E-state index is 0.475. The van der Waals surface area contributed by atoms with Gasteiger partial charge in [0.05, 0.1) is 5.41 Å². The third-order valence-corrected chi connectivity index (χ3v) is 8.33. The third-order valence-electron chi connectivity index (χ3n) is 8.11. The van der Waals surface area contributed by atoms with Crippen LogP contribution >= 0.6 is 11.6 Å². The van der Waals surface area contributed by atoms with Crippen LogP contribution in [-0.2, 0) is 5.41 Å². The summed E-state index contributed by atoms with van der Waals surface area (Å²) >= 11 is 6.21. The first-order valence-electron chi connectivity index (χ1n) is 13.1. The fourth-order valence-electron chi connectivity index (χ4n) is 6.55. The summed E-state index contributed by atoms with van der Waals surface area (Å²) in [5, 5.41) is 2.65. The molecule has 184 valence electrons. The Morgan fingerprint density at radius 1 is 0.564 bits per heavy atom. The molecule has 0 bridgehead atoms. The monoisotopic (exact) mass is 519 g/mol. The maximum atomic E-state index is 6.55. The van der Waals surface area contributed by atoms with Crippen molar-refractivity contribution in [3.63, 3.8) is 0 Å². The summed E-state index contributed by atoms with van der Waals surface area (Å²) in [6.45, 7) is 0. The van der Waals surface area contributed by atoms with Crippen LogP contribution in [0.1, 0.15) is 22.3 Å². The van der Waals surface area contributed by atoms with Gasteiger partial charge in [0, 0.05) is 22.5 Å². The van der Waals surface area contributed by atoms with Gasteiger partial charge in [0.15, 0.2) is 0 Å². The molecule has 0 saturated heterocycles. The summed E-state index contributed by atoms with van der Waals surface area (Å²) in [6.07, 6.45) is 1.86. The smallest absolute Gasteiger partial charge is 0.136 e. The van der Waals surface area contributed by atoms with Gasteiger partial charge in [-0.25, -0.2) is 4.98 Å². The molecule has 0 N–H and O–H groups in total. The highest BCUT2D eigenvalue weighted by atomic mass is 35.5. The van der Waals surface area contributed by atoms with Gasteiger partial charge in [-0.3, -0.25) is 0 Å². The molecule has 2 heterocycles. The molecule has 0 fully saturated rings. The van der Waals surface area contributed by atoms with Crippen LogP contribution in [0.2, 0.25) is 5.15 Å². The number of rotatable bonds is 3. The summed E-state index contributed by atoms with van der Waals surface area (Å²) in [7, 11) is 0. The number of benzene rings is 5. The number of nitrogens with zero attached hydrogens (tertiary/aromatic N) is 1. The number of hydrogen-bond donors (Lipinski definition) is 0. The molecular formula is C36H22ClNO. The Morgan fingerprint density at radius 2 is 1.23 bits per heavy atom. The number of fused-ring (bicyclic) bond motifs is 6. The van der Waals surface area contributed by atoms with Crippen molar-refractivity contribution in [2.24, 2.45) is 0 Å². The molecule has 0 spiro atoms. The summed E-state index contributed by atoms with van der Waals surface area (Å²) in [5.41, 5.74) is 10.7. The van der Waals surface area contributed by atoms with Crippen LogP contribution in [0.4, 0.5) is 0 Å². The van der Waals surface area contributed by atoms with Gasteiger partial charge in [-0.15, -0.1) is 0 Å². The average molecular weight is 520 g/mol. The minimum atomic E-state index is -0.518. The van der Waals surface area contributed by atoms with Crippen LogP contribution in [0.5, 0.6) is 0 Å². The van der Waals surface area contributed by atoms with Crippen LogP contribution in [0.3, 0.4) is 0 Å². The number of halogens is 1. The zero-order chi connectivity index (χ0) is 26.0. The molecule has 8 rings (SSSR count). The number of hydrogen-bond acceptors (Lipinski definition) is 2. The second-order valence-electron chi connectivity index (χ2n) is 10.1. The van der Waals surface area contributed by atoms with E-state index in [1.165, 1.54) is 27.8 Å². The van der Waals surface area contributed by atoms with E-state index < -0.39 is 5.41 Å². The number of aromatic nitrogens is 1. The zero-order valence-electron chi connectivity index (χ0n) is 20.9. The van der Waals surface area contributed by atoms with E-state index >= 15 is 0 Å². The molecule has 0 amide bonds. The normalized spacial score (nSPS) is 13.5. The Kier molecular flexibility index (Phi) is 4.82. The van der Waals surface area contributed by atoms with Gasteiger partial charge in [-0.2, -0.15) is 0 Å². The molecule has 5 aromatic carbocycles. The lowest BCUT2D eigenvalue weighted by Gasteiger charge is -2.34. The molecule has 1 aliphatic carbocycles. The number of para-hydroxylation sites is 1. The van der Waals surface area contributed by atoms with E-state index in [9.17, 15) is 0 Å². The fourth-order valence-corrected chi connectivity index (χ4v) is 6.66. The highest BCUT2D eigenvalue weighted by molar-refractivity contribution is 6.29.